The Kier molecular flexibility index (Phi) is 3.36. The number of nitrogens with zero attached hydrogens (tertiary/aromatic N) is 4. The first-order chi connectivity index (χ1) is 8.63. The van der Waals surface area contributed by atoms with Crippen molar-refractivity contribution in [3.63, 3.8) is 0 Å². The highest BCUT2D eigenvalue weighted by molar-refractivity contribution is 5.88. The van der Waals surface area contributed by atoms with Crippen LogP contribution in [0, 0.1) is 0 Å². The van der Waals surface area contributed by atoms with Gasteiger partial charge in [0.15, 0.2) is 5.82 Å². The molecule has 0 amide bonds. The third kappa shape index (κ3) is 2.22. The van der Waals surface area contributed by atoms with Crippen LogP contribution in [0.3, 0.4) is 0 Å². The Hall–Kier alpha value is -2.24. The van der Waals surface area contributed by atoms with Crippen molar-refractivity contribution in [2.24, 2.45) is 0 Å². The summed E-state index contributed by atoms with van der Waals surface area (Å²) in [6, 6.07) is 0. The minimum absolute atomic E-state index is 0.222. The molecule has 0 saturated carbocycles. The Bertz CT molecular complexity index is 563. The molecule has 18 heavy (non-hydrogen) atoms. The summed E-state index contributed by atoms with van der Waals surface area (Å²) in [4.78, 5) is 19.9. The minimum atomic E-state index is -0.420. The largest absolute Gasteiger partial charge is 0.465 e. The second kappa shape index (κ2) is 4.95. The Morgan fingerprint density at radius 2 is 2.06 bits per heavy atom. The number of esters is 1. The van der Waals surface area contributed by atoms with E-state index in [1.165, 1.54) is 18.0 Å². The number of rotatable bonds is 3. The molecule has 0 bridgehead atoms. The molecule has 0 unspecified atom stereocenters. The first-order valence-corrected chi connectivity index (χ1v) is 5.57. The summed E-state index contributed by atoms with van der Waals surface area (Å²) < 4.78 is 6.17. The molecule has 6 nitrogen and oxygen atoms in total. The molecular weight excluding hydrogens is 232 g/mol. The van der Waals surface area contributed by atoms with Crippen molar-refractivity contribution in [2.75, 3.05) is 7.11 Å². The van der Waals surface area contributed by atoms with Crippen molar-refractivity contribution in [2.45, 2.75) is 19.8 Å². The number of hydrogen-bond acceptors (Lipinski definition) is 5. The molecule has 0 N–H and O–H groups in total. The molecule has 0 radical (unpaired) electrons. The molecule has 2 aromatic rings. The zero-order valence-corrected chi connectivity index (χ0v) is 10.5. The van der Waals surface area contributed by atoms with Crippen LogP contribution in [0.15, 0.2) is 24.8 Å². The Morgan fingerprint density at radius 1 is 1.33 bits per heavy atom. The normalized spacial score (nSPS) is 10.7. The van der Waals surface area contributed by atoms with E-state index in [2.05, 4.69) is 19.8 Å². The van der Waals surface area contributed by atoms with Gasteiger partial charge >= 0.3 is 5.97 Å². The van der Waals surface area contributed by atoms with Crippen LogP contribution in [0.5, 0.6) is 0 Å². The predicted octanol–water partition coefficient (Wildman–Crippen LogP) is 1.57. The topological polar surface area (TPSA) is 69.9 Å². The molecule has 0 atom stereocenters. The van der Waals surface area contributed by atoms with E-state index in [0.29, 0.717) is 11.4 Å². The van der Waals surface area contributed by atoms with Gasteiger partial charge in [-0.2, -0.15) is 5.10 Å². The average Bonchev–Trinajstić information content (AvgIpc) is 2.87. The summed E-state index contributed by atoms with van der Waals surface area (Å²) in [5.74, 6) is 0.429. The van der Waals surface area contributed by atoms with E-state index in [0.717, 1.165) is 5.69 Å². The molecule has 0 aromatic carbocycles. The standard InChI is InChI=1S/C12H14N4O2/c1-8(2)10-11(14-5-4-13-10)16-7-9(6-15-16)12(17)18-3/h4-8H,1-3H3. The number of aromatic nitrogens is 4. The highest BCUT2D eigenvalue weighted by Crippen LogP contribution is 2.17. The van der Waals surface area contributed by atoms with E-state index >= 15 is 0 Å². The van der Waals surface area contributed by atoms with Gasteiger partial charge in [0.05, 0.1) is 24.6 Å². The fourth-order valence-electron chi connectivity index (χ4n) is 1.59. The molecule has 0 aliphatic carbocycles. The number of carbonyl (C=O) groups excluding carboxylic acids is 1. The van der Waals surface area contributed by atoms with E-state index in [4.69, 9.17) is 0 Å². The lowest BCUT2D eigenvalue weighted by atomic mass is 10.1. The SMILES string of the molecule is COC(=O)c1cnn(-c2nccnc2C(C)C)c1. The predicted molar refractivity (Wildman–Crippen MR) is 64.6 cm³/mol. The van der Waals surface area contributed by atoms with Crippen molar-refractivity contribution in [1.82, 2.24) is 19.7 Å². The second-order valence-electron chi connectivity index (χ2n) is 4.09. The Labute approximate surface area is 105 Å². The van der Waals surface area contributed by atoms with E-state index < -0.39 is 5.97 Å². The minimum Gasteiger partial charge on any atom is -0.465 e. The summed E-state index contributed by atoms with van der Waals surface area (Å²) in [6.07, 6.45) is 6.27. The summed E-state index contributed by atoms with van der Waals surface area (Å²) >= 11 is 0. The van der Waals surface area contributed by atoms with Crippen molar-refractivity contribution in [3.05, 3.63) is 36.0 Å². The first kappa shape index (κ1) is 12.2. The molecule has 2 rings (SSSR count). The van der Waals surface area contributed by atoms with Crippen molar-refractivity contribution >= 4 is 5.97 Å². The maximum atomic E-state index is 11.4. The first-order valence-electron chi connectivity index (χ1n) is 5.57. The summed E-state index contributed by atoms with van der Waals surface area (Å²) in [7, 11) is 1.33. The van der Waals surface area contributed by atoms with Crippen LogP contribution >= 0.6 is 0 Å². The van der Waals surface area contributed by atoms with Gasteiger partial charge in [-0.15, -0.1) is 0 Å². The molecule has 0 fully saturated rings. The van der Waals surface area contributed by atoms with Crippen LogP contribution in [-0.4, -0.2) is 32.8 Å². The molecule has 0 saturated heterocycles. The zero-order valence-electron chi connectivity index (χ0n) is 10.5. The van der Waals surface area contributed by atoms with E-state index in [1.54, 1.807) is 18.6 Å². The quantitative estimate of drug-likeness (QED) is 0.769. The fourth-order valence-corrected chi connectivity index (χ4v) is 1.59. The lowest BCUT2D eigenvalue weighted by Gasteiger charge is -2.09. The molecule has 2 heterocycles. The van der Waals surface area contributed by atoms with E-state index in [9.17, 15) is 4.79 Å². The molecular formula is C12H14N4O2. The Morgan fingerprint density at radius 3 is 2.72 bits per heavy atom. The van der Waals surface area contributed by atoms with Gasteiger partial charge in [0.1, 0.15) is 0 Å². The third-order valence-electron chi connectivity index (χ3n) is 2.47. The summed E-state index contributed by atoms with van der Waals surface area (Å²) in [6.45, 7) is 4.05. The Balaban J connectivity index is 2.43. The van der Waals surface area contributed by atoms with E-state index in [1.807, 2.05) is 13.8 Å². The maximum Gasteiger partial charge on any atom is 0.341 e. The van der Waals surface area contributed by atoms with Gasteiger partial charge in [-0.25, -0.2) is 14.5 Å². The number of carbonyl (C=O) groups is 1. The van der Waals surface area contributed by atoms with Gasteiger partial charge in [-0.3, -0.25) is 4.98 Å². The van der Waals surface area contributed by atoms with Crippen LogP contribution in [0.4, 0.5) is 0 Å². The summed E-state index contributed by atoms with van der Waals surface area (Å²) in [5.41, 5.74) is 1.22. The third-order valence-corrected chi connectivity index (χ3v) is 2.47. The van der Waals surface area contributed by atoms with Crippen molar-refractivity contribution in [1.29, 1.82) is 0 Å². The van der Waals surface area contributed by atoms with Crippen molar-refractivity contribution < 1.29 is 9.53 Å². The van der Waals surface area contributed by atoms with Crippen LogP contribution in [0.1, 0.15) is 35.8 Å². The fraction of sp³-hybridized carbons (Fsp3) is 0.333. The number of hydrogen-bond donors (Lipinski definition) is 0. The second-order valence-corrected chi connectivity index (χ2v) is 4.09. The lowest BCUT2D eigenvalue weighted by molar-refractivity contribution is 0.0600. The molecule has 0 spiro atoms. The highest BCUT2D eigenvalue weighted by Gasteiger charge is 2.14. The monoisotopic (exact) mass is 246 g/mol. The van der Waals surface area contributed by atoms with Gasteiger partial charge < -0.3 is 4.74 Å². The smallest absolute Gasteiger partial charge is 0.341 e. The van der Waals surface area contributed by atoms with Gasteiger partial charge in [0.2, 0.25) is 0 Å². The molecule has 94 valence electrons. The zero-order chi connectivity index (χ0) is 13.1. The molecule has 2 aromatic heterocycles. The maximum absolute atomic E-state index is 11.4. The molecule has 0 aliphatic rings. The number of methoxy groups -OCH3 is 1. The van der Waals surface area contributed by atoms with Crippen molar-refractivity contribution in [3.8, 4) is 5.82 Å². The van der Waals surface area contributed by atoms with Gasteiger partial charge in [-0.1, -0.05) is 13.8 Å². The number of ether oxygens (including phenoxy) is 1. The van der Waals surface area contributed by atoms with E-state index in [-0.39, 0.29) is 5.92 Å². The van der Waals surface area contributed by atoms with Crippen LogP contribution in [0.2, 0.25) is 0 Å². The average molecular weight is 246 g/mol. The summed E-state index contributed by atoms with van der Waals surface area (Å²) in [5, 5.41) is 4.11. The highest BCUT2D eigenvalue weighted by atomic mass is 16.5. The van der Waals surface area contributed by atoms with Crippen LogP contribution < -0.4 is 0 Å². The van der Waals surface area contributed by atoms with Crippen LogP contribution in [0.25, 0.3) is 5.82 Å². The van der Waals surface area contributed by atoms with Gasteiger partial charge in [0, 0.05) is 18.6 Å². The van der Waals surface area contributed by atoms with Gasteiger partial charge in [0.25, 0.3) is 0 Å². The van der Waals surface area contributed by atoms with Gasteiger partial charge in [-0.05, 0) is 5.92 Å². The lowest BCUT2D eigenvalue weighted by Crippen LogP contribution is -2.06. The van der Waals surface area contributed by atoms with Crippen LogP contribution in [-0.2, 0) is 4.74 Å². The molecule has 0 aliphatic heterocycles. The molecule has 6 heteroatoms.